The highest BCUT2D eigenvalue weighted by molar-refractivity contribution is 7.10. The van der Waals surface area contributed by atoms with E-state index in [1.165, 1.54) is 4.88 Å². The van der Waals surface area contributed by atoms with Crippen LogP contribution in [0.3, 0.4) is 0 Å². The van der Waals surface area contributed by atoms with Crippen LogP contribution in [0.15, 0.2) is 42.3 Å². The minimum atomic E-state index is -0.195. The molecule has 2 heterocycles. The van der Waals surface area contributed by atoms with Crippen LogP contribution in [-0.2, 0) is 16.0 Å². The Morgan fingerprint density at radius 2 is 2.16 bits per heavy atom. The second kappa shape index (κ2) is 11.0. The minimum Gasteiger partial charge on any atom is -0.491 e. The Bertz CT molecular complexity index is 972. The first-order valence-electron chi connectivity index (χ1n) is 10.9. The predicted octanol–water partition coefficient (Wildman–Crippen LogP) is 5.28. The van der Waals surface area contributed by atoms with Crippen LogP contribution in [0.5, 0.6) is 5.75 Å². The number of carbonyl (C=O) groups is 2. The molecule has 0 fully saturated rings. The highest BCUT2D eigenvalue weighted by atomic mass is 35.5. The zero-order valence-electron chi connectivity index (χ0n) is 19.0. The van der Waals surface area contributed by atoms with Gasteiger partial charge in [-0.15, -0.1) is 17.9 Å². The molecule has 7 heteroatoms. The molecule has 0 unspecified atom stereocenters. The molecule has 1 aromatic carbocycles. The number of nitrogens with zero attached hydrogens (tertiary/aromatic N) is 2. The van der Waals surface area contributed by atoms with Crippen LogP contribution in [0.4, 0.5) is 0 Å². The first-order valence-corrected chi connectivity index (χ1v) is 12.2. The molecule has 0 saturated carbocycles. The van der Waals surface area contributed by atoms with Gasteiger partial charge < -0.3 is 14.5 Å². The maximum atomic E-state index is 13.4. The third kappa shape index (κ3) is 5.93. The minimum absolute atomic E-state index is 0.0223. The summed E-state index contributed by atoms with van der Waals surface area (Å²) in [5.74, 6) is 0.868. The summed E-state index contributed by atoms with van der Waals surface area (Å²) in [5, 5.41) is 2.76. The van der Waals surface area contributed by atoms with E-state index in [9.17, 15) is 9.59 Å². The molecule has 0 bridgehead atoms. The highest BCUT2D eigenvalue weighted by Gasteiger charge is 2.33. The maximum absolute atomic E-state index is 13.4. The van der Waals surface area contributed by atoms with Gasteiger partial charge in [-0.1, -0.05) is 31.5 Å². The van der Waals surface area contributed by atoms with Crippen molar-refractivity contribution in [1.29, 1.82) is 0 Å². The molecule has 2 aromatic rings. The Kier molecular flexibility index (Phi) is 8.38. The molecule has 1 aromatic heterocycles. The molecule has 172 valence electrons. The average molecular weight is 475 g/mol. The lowest BCUT2D eigenvalue weighted by Crippen LogP contribution is -2.48. The molecule has 1 atom stereocenters. The van der Waals surface area contributed by atoms with Gasteiger partial charge in [-0.25, -0.2) is 0 Å². The fourth-order valence-corrected chi connectivity index (χ4v) is 4.95. The van der Waals surface area contributed by atoms with Gasteiger partial charge in [0.1, 0.15) is 18.9 Å². The van der Waals surface area contributed by atoms with Crippen molar-refractivity contribution in [1.82, 2.24) is 9.80 Å². The van der Waals surface area contributed by atoms with Crippen LogP contribution in [-0.4, -0.2) is 47.9 Å². The third-order valence-electron chi connectivity index (χ3n) is 5.56. The van der Waals surface area contributed by atoms with Crippen LogP contribution in [0.2, 0.25) is 5.02 Å². The average Bonchev–Trinajstić information content (AvgIpc) is 3.22. The van der Waals surface area contributed by atoms with E-state index < -0.39 is 0 Å². The van der Waals surface area contributed by atoms with Crippen LogP contribution >= 0.6 is 22.9 Å². The summed E-state index contributed by atoms with van der Waals surface area (Å²) in [6.45, 7) is 11.1. The van der Waals surface area contributed by atoms with Gasteiger partial charge in [-0.2, -0.15) is 0 Å². The molecule has 32 heavy (non-hydrogen) atoms. The van der Waals surface area contributed by atoms with Crippen molar-refractivity contribution >= 4 is 34.8 Å². The number of fused-ring (bicyclic) bond motifs is 1. The molecule has 0 aliphatic carbocycles. The lowest BCUT2D eigenvalue weighted by molar-refractivity contribution is -0.142. The van der Waals surface area contributed by atoms with Crippen molar-refractivity contribution in [3.8, 4) is 5.75 Å². The van der Waals surface area contributed by atoms with Crippen molar-refractivity contribution in [2.45, 2.75) is 39.7 Å². The summed E-state index contributed by atoms with van der Waals surface area (Å²) in [6, 6.07) is 7.45. The molecular weight excluding hydrogens is 444 g/mol. The molecule has 1 aliphatic rings. The number of hydrogen-bond donors (Lipinski definition) is 0. The summed E-state index contributed by atoms with van der Waals surface area (Å²) in [4.78, 5) is 30.7. The van der Waals surface area contributed by atoms with E-state index in [0.29, 0.717) is 31.1 Å². The molecule has 1 aliphatic heterocycles. The van der Waals surface area contributed by atoms with E-state index in [4.69, 9.17) is 16.3 Å². The maximum Gasteiger partial charge on any atom is 0.242 e. The van der Waals surface area contributed by atoms with Gasteiger partial charge in [-0.05, 0) is 60.0 Å². The van der Waals surface area contributed by atoms with Crippen molar-refractivity contribution in [3.05, 3.63) is 63.3 Å². The number of aryl methyl sites for hydroxylation is 1. The molecule has 0 spiro atoms. The van der Waals surface area contributed by atoms with E-state index in [2.05, 4.69) is 18.0 Å². The second-order valence-electron chi connectivity index (χ2n) is 8.53. The van der Waals surface area contributed by atoms with Crippen LogP contribution in [0.25, 0.3) is 0 Å². The summed E-state index contributed by atoms with van der Waals surface area (Å²) in [7, 11) is 0. The summed E-state index contributed by atoms with van der Waals surface area (Å²) in [5.41, 5.74) is 2.07. The lowest BCUT2D eigenvalue weighted by Gasteiger charge is -2.37. The normalized spacial score (nSPS) is 15.4. The molecule has 0 radical (unpaired) electrons. The van der Waals surface area contributed by atoms with Crippen LogP contribution < -0.4 is 4.74 Å². The van der Waals surface area contributed by atoms with Crippen molar-refractivity contribution in [2.24, 2.45) is 5.92 Å². The van der Waals surface area contributed by atoms with Crippen molar-refractivity contribution < 1.29 is 14.3 Å². The SMILES string of the molecule is C=CCN(CC(=O)N1CCc2sccc2[C@@H]1COc1ccc(Cl)c(C)c1)C(=O)CC(C)C. The van der Waals surface area contributed by atoms with E-state index in [1.54, 1.807) is 22.3 Å². The van der Waals surface area contributed by atoms with Gasteiger partial charge in [0.15, 0.2) is 0 Å². The largest absolute Gasteiger partial charge is 0.491 e. The van der Waals surface area contributed by atoms with Gasteiger partial charge >= 0.3 is 0 Å². The quantitative estimate of drug-likeness (QED) is 0.465. The monoisotopic (exact) mass is 474 g/mol. The smallest absolute Gasteiger partial charge is 0.242 e. The number of ether oxygens (including phenoxy) is 1. The number of rotatable bonds is 9. The Balaban J connectivity index is 1.76. The van der Waals surface area contributed by atoms with Crippen molar-refractivity contribution in [3.63, 3.8) is 0 Å². The topological polar surface area (TPSA) is 49.9 Å². The Hall–Kier alpha value is -2.31. The first kappa shape index (κ1) is 24.3. The van der Waals surface area contributed by atoms with Gasteiger partial charge in [0.05, 0.1) is 6.04 Å². The Labute approximate surface area is 199 Å². The van der Waals surface area contributed by atoms with Crippen LogP contribution in [0, 0.1) is 12.8 Å². The van der Waals surface area contributed by atoms with Gasteiger partial charge in [0.25, 0.3) is 0 Å². The Morgan fingerprint density at radius 1 is 1.38 bits per heavy atom. The third-order valence-corrected chi connectivity index (χ3v) is 6.98. The first-order chi connectivity index (χ1) is 15.3. The number of hydrogen-bond acceptors (Lipinski definition) is 4. The van der Waals surface area contributed by atoms with E-state index >= 15 is 0 Å². The molecule has 0 saturated heterocycles. The zero-order chi connectivity index (χ0) is 23.3. The lowest BCUT2D eigenvalue weighted by atomic mass is 10.00. The molecule has 0 N–H and O–H groups in total. The van der Waals surface area contributed by atoms with E-state index in [1.807, 2.05) is 43.9 Å². The van der Waals surface area contributed by atoms with Gasteiger partial charge in [0, 0.05) is 29.4 Å². The standard InChI is InChI=1S/C25H31ClN2O3S/c1-5-10-27(24(29)13-17(2)3)15-25(30)28-11-8-23-20(9-12-32-23)22(28)16-31-19-6-7-21(26)18(4)14-19/h5-7,9,12,14,17,22H,1,8,10-11,13,15-16H2,2-4H3/t22-/m0/s1. The fraction of sp³-hybridized carbons (Fsp3) is 0.440. The number of benzene rings is 1. The molecule has 2 amide bonds. The number of halogens is 1. The summed E-state index contributed by atoms with van der Waals surface area (Å²) < 4.78 is 6.10. The summed E-state index contributed by atoms with van der Waals surface area (Å²) in [6.07, 6.45) is 2.90. The predicted molar refractivity (Wildman–Crippen MR) is 130 cm³/mol. The fourth-order valence-electron chi connectivity index (χ4n) is 3.90. The molecule has 3 rings (SSSR count). The zero-order valence-corrected chi connectivity index (χ0v) is 20.5. The van der Waals surface area contributed by atoms with Gasteiger partial charge in [-0.3, -0.25) is 9.59 Å². The number of carbonyl (C=O) groups excluding carboxylic acids is 2. The van der Waals surface area contributed by atoms with E-state index in [-0.39, 0.29) is 30.3 Å². The van der Waals surface area contributed by atoms with E-state index in [0.717, 1.165) is 23.3 Å². The van der Waals surface area contributed by atoms with Crippen molar-refractivity contribution in [2.75, 3.05) is 26.2 Å². The molecular formula is C25H31ClN2O3S. The molecule has 5 nitrogen and oxygen atoms in total. The number of amides is 2. The van der Waals surface area contributed by atoms with Gasteiger partial charge in [0.2, 0.25) is 11.8 Å². The Morgan fingerprint density at radius 3 is 2.84 bits per heavy atom. The summed E-state index contributed by atoms with van der Waals surface area (Å²) >= 11 is 7.85. The van der Waals surface area contributed by atoms with Crippen LogP contribution in [0.1, 0.15) is 42.3 Å². The number of thiophene rings is 1. The highest BCUT2D eigenvalue weighted by Crippen LogP contribution is 2.34. The second-order valence-corrected chi connectivity index (χ2v) is 9.94.